The molecule has 1 atom stereocenters. The maximum atomic E-state index is 13.0. The van der Waals surface area contributed by atoms with Crippen molar-refractivity contribution in [3.63, 3.8) is 0 Å². The van der Waals surface area contributed by atoms with Crippen LogP contribution in [0, 0.1) is 12.8 Å². The highest BCUT2D eigenvalue weighted by atomic mass is 32.2. The molecule has 41 heavy (non-hydrogen) atoms. The second kappa shape index (κ2) is 14.2. The van der Waals surface area contributed by atoms with E-state index in [2.05, 4.69) is 37.6 Å². The van der Waals surface area contributed by atoms with E-state index in [1.807, 2.05) is 73.9 Å². The van der Waals surface area contributed by atoms with Crippen molar-refractivity contribution in [2.75, 3.05) is 11.1 Å². The van der Waals surface area contributed by atoms with Gasteiger partial charge in [-0.1, -0.05) is 67.6 Å². The zero-order chi connectivity index (χ0) is 29.2. The van der Waals surface area contributed by atoms with Crippen LogP contribution >= 0.6 is 11.8 Å². The van der Waals surface area contributed by atoms with Gasteiger partial charge in [-0.3, -0.25) is 9.59 Å². The number of nitrogens with zero attached hydrogens (tertiary/aromatic N) is 5. The lowest BCUT2D eigenvalue weighted by atomic mass is 10.0. The van der Waals surface area contributed by atoms with E-state index < -0.39 is 0 Å². The largest absolute Gasteiger partial charge is 0.342 e. The Morgan fingerprint density at radius 1 is 0.976 bits per heavy atom. The molecular formula is C31H33N7O2S. The number of hydrogen-bond acceptors (Lipinski definition) is 7. The van der Waals surface area contributed by atoms with E-state index in [9.17, 15) is 9.59 Å². The number of benzene rings is 3. The van der Waals surface area contributed by atoms with E-state index in [0.29, 0.717) is 34.5 Å². The Morgan fingerprint density at radius 2 is 1.68 bits per heavy atom. The first-order valence-corrected chi connectivity index (χ1v) is 14.2. The first kappa shape index (κ1) is 29.4. The highest BCUT2D eigenvalue weighted by Crippen LogP contribution is 2.26. The van der Waals surface area contributed by atoms with Crippen LogP contribution in [0.5, 0.6) is 0 Å². The molecule has 0 saturated carbocycles. The maximum Gasteiger partial charge on any atom is 0.251 e. The summed E-state index contributed by atoms with van der Waals surface area (Å²) >= 11 is 1.27. The lowest BCUT2D eigenvalue weighted by Crippen LogP contribution is -2.34. The highest BCUT2D eigenvalue weighted by Gasteiger charge is 2.26. The van der Waals surface area contributed by atoms with Gasteiger partial charge in [-0.25, -0.2) is 0 Å². The first-order valence-electron chi connectivity index (χ1n) is 13.2. The summed E-state index contributed by atoms with van der Waals surface area (Å²) in [6.07, 6.45) is 1.74. The number of thioether (sulfide) groups is 1. The summed E-state index contributed by atoms with van der Waals surface area (Å²) in [6, 6.07) is 23.7. The van der Waals surface area contributed by atoms with Gasteiger partial charge in [-0.2, -0.15) is 10.2 Å². The van der Waals surface area contributed by atoms with Gasteiger partial charge >= 0.3 is 0 Å². The number of nitrogens with one attached hydrogen (secondary N) is 2. The standard InChI is InChI=1S/C31H33N7O2S/c1-5-18-38-29(28(21(2)3)33-30(40)23-11-9-10-22(4)19-23)36-37-31(38)41-20-27(39)32-24-14-16-26(17-15-24)35-34-25-12-7-6-8-13-25/h5-17,19,21,28H,1,18,20H2,2-4H3,(H,32,39)(H,33,40)/t28-/m1/s1. The summed E-state index contributed by atoms with van der Waals surface area (Å²) in [5.74, 6) is 0.433. The van der Waals surface area contributed by atoms with Crippen molar-refractivity contribution in [2.45, 2.75) is 38.5 Å². The Kier molecular flexibility index (Phi) is 10.2. The van der Waals surface area contributed by atoms with Crippen LogP contribution in [0.25, 0.3) is 0 Å². The molecule has 4 rings (SSSR count). The minimum absolute atomic E-state index is 0.0490. The Balaban J connectivity index is 1.39. The second-order valence-corrected chi connectivity index (χ2v) is 10.7. The van der Waals surface area contributed by atoms with Gasteiger partial charge in [0.15, 0.2) is 11.0 Å². The first-order chi connectivity index (χ1) is 19.8. The molecule has 0 fully saturated rings. The molecule has 1 aromatic heterocycles. The van der Waals surface area contributed by atoms with Gasteiger partial charge < -0.3 is 15.2 Å². The fourth-order valence-corrected chi connectivity index (χ4v) is 4.78. The smallest absolute Gasteiger partial charge is 0.251 e. The molecule has 9 nitrogen and oxygen atoms in total. The van der Waals surface area contributed by atoms with Crippen molar-refractivity contribution in [1.82, 2.24) is 20.1 Å². The molecule has 0 aliphatic rings. The maximum absolute atomic E-state index is 13.0. The number of aryl methyl sites for hydroxylation is 1. The van der Waals surface area contributed by atoms with Gasteiger partial charge in [-0.05, 0) is 61.4 Å². The van der Waals surface area contributed by atoms with E-state index in [4.69, 9.17) is 0 Å². The fourth-order valence-electron chi connectivity index (χ4n) is 4.03. The minimum atomic E-state index is -0.379. The van der Waals surface area contributed by atoms with E-state index in [0.717, 1.165) is 11.3 Å². The molecule has 2 amide bonds. The van der Waals surface area contributed by atoms with Crippen LogP contribution in [0.2, 0.25) is 0 Å². The molecule has 0 saturated heterocycles. The predicted molar refractivity (Wildman–Crippen MR) is 163 cm³/mol. The van der Waals surface area contributed by atoms with Crippen LogP contribution < -0.4 is 10.6 Å². The third-order valence-electron chi connectivity index (χ3n) is 6.09. The number of rotatable bonds is 12. The van der Waals surface area contributed by atoms with Gasteiger partial charge in [-0.15, -0.1) is 16.8 Å². The normalized spacial score (nSPS) is 11.9. The number of aromatic nitrogens is 3. The number of allylic oxidation sites excluding steroid dienone is 1. The van der Waals surface area contributed by atoms with Crippen LogP contribution in [0.15, 0.2) is 107 Å². The summed E-state index contributed by atoms with van der Waals surface area (Å²) in [5, 5.41) is 23.8. The van der Waals surface area contributed by atoms with E-state index in [1.54, 1.807) is 36.4 Å². The zero-order valence-electron chi connectivity index (χ0n) is 23.3. The van der Waals surface area contributed by atoms with E-state index >= 15 is 0 Å². The van der Waals surface area contributed by atoms with Crippen LogP contribution in [0.1, 0.15) is 41.6 Å². The Bertz CT molecular complexity index is 1520. The van der Waals surface area contributed by atoms with Crippen LogP contribution in [0.4, 0.5) is 17.1 Å². The second-order valence-electron chi connectivity index (χ2n) is 9.72. The molecule has 0 aliphatic carbocycles. The molecule has 0 spiro atoms. The summed E-state index contributed by atoms with van der Waals surface area (Å²) in [6.45, 7) is 10.3. The van der Waals surface area contributed by atoms with E-state index in [-0.39, 0.29) is 29.5 Å². The zero-order valence-corrected chi connectivity index (χ0v) is 24.1. The number of amides is 2. The Hall–Kier alpha value is -4.57. The Labute approximate surface area is 244 Å². The van der Waals surface area contributed by atoms with Gasteiger partial charge in [0.1, 0.15) is 0 Å². The molecule has 210 valence electrons. The quantitative estimate of drug-likeness (QED) is 0.108. The summed E-state index contributed by atoms with van der Waals surface area (Å²) in [4.78, 5) is 25.7. The SMILES string of the molecule is C=CCn1c(SCC(=O)Nc2ccc(N=Nc3ccccc3)cc2)nnc1[C@H](NC(=O)c1cccc(C)c1)C(C)C. The van der Waals surface area contributed by atoms with Crippen molar-refractivity contribution in [2.24, 2.45) is 16.1 Å². The Morgan fingerprint density at radius 3 is 2.34 bits per heavy atom. The molecular weight excluding hydrogens is 534 g/mol. The van der Waals surface area contributed by atoms with Crippen LogP contribution in [-0.2, 0) is 11.3 Å². The van der Waals surface area contributed by atoms with Crippen molar-refractivity contribution >= 4 is 40.6 Å². The van der Waals surface area contributed by atoms with E-state index in [1.165, 1.54) is 11.8 Å². The van der Waals surface area contributed by atoms with Crippen LogP contribution in [-0.4, -0.2) is 32.3 Å². The third kappa shape index (κ3) is 8.21. The lowest BCUT2D eigenvalue weighted by molar-refractivity contribution is -0.113. The van der Waals surface area contributed by atoms with Gasteiger partial charge in [0.05, 0.1) is 23.2 Å². The lowest BCUT2D eigenvalue weighted by Gasteiger charge is -2.22. The average Bonchev–Trinajstić information content (AvgIpc) is 3.36. The number of hydrogen-bond donors (Lipinski definition) is 2. The topological polar surface area (TPSA) is 114 Å². The third-order valence-corrected chi connectivity index (χ3v) is 7.06. The molecule has 4 aromatic rings. The average molecular weight is 568 g/mol. The monoisotopic (exact) mass is 567 g/mol. The molecule has 0 radical (unpaired) electrons. The van der Waals surface area contributed by atoms with Crippen molar-refractivity contribution in [3.8, 4) is 0 Å². The molecule has 0 bridgehead atoms. The molecule has 1 heterocycles. The van der Waals surface area contributed by atoms with Crippen molar-refractivity contribution in [1.29, 1.82) is 0 Å². The number of carbonyl (C=O) groups is 2. The highest BCUT2D eigenvalue weighted by molar-refractivity contribution is 7.99. The number of carbonyl (C=O) groups excluding carboxylic acids is 2. The minimum Gasteiger partial charge on any atom is -0.342 e. The molecule has 10 heteroatoms. The fraction of sp³-hybridized carbons (Fsp3) is 0.226. The molecule has 0 unspecified atom stereocenters. The summed E-state index contributed by atoms with van der Waals surface area (Å²) in [7, 11) is 0. The predicted octanol–water partition coefficient (Wildman–Crippen LogP) is 7.05. The van der Waals surface area contributed by atoms with Crippen LogP contribution in [0.3, 0.4) is 0 Å². The number of azo groups is 1. The number of anilines is 1. The van der Waals surface area contributed by atoms with Crippen molar-refractivity contribution in [3.05, 3.63) is 108 Å². The van der Waals surface area contributed by atoms with Gasteiger partial charge in [0, 0.05) is 17.8 Å². The summed E-state index contributed by atoms with van der Waals surface area (Å²) < 4.78 is 1.89. The van der Waals surface area contributed by atoms with Gasteiger partial charge in [0.2, 0.25) is 5.91 Å². The molecule has 2 N–H and O–H groups in total. The van der Waals surface area contributed by atoms with Crippen molar-refractivity contribution < 1.29 is 9.59 Å². The molecule has 3 aromatic carbocycles. The van der Waals surface area contributed by atoms with Gasteiger partial charge in [0.25, 0.3) is 5.91 Å². The molecule has 0 aliphatic heterocycles. The summed E-state index contributed by atoms with van der Waals surface area (Å²) in [5.41, 5.74) is 3.70.